The van der Waals surface area contributed by atoms with Crippen LogP contribution in [0.1, 0.15) is 31.9 Å². The first kappa shape index (κ1) is 17.4. The van der Waals surface area contributed by atoms with Crippen molar-refractivity contribution in [2.45, 2.75) is 39.7 Å². The SMILES string of the molecule is Cc1ccc(CCS(=O)(=O)F)cc1NC(=O)OC(C)(C)C. The van der Waals surface area contributed by atoms with Gasteiger partial charge in [0, 0.05) is 5.69 Å². The molecule has 0 bridgehead atoms. The van der Waals surface area contributed by atoms with E-state index in [0.29, 0.717) is 11.3 Å². The summed E-state index contributed by atoms with van der Waals surface area (Å²) in [7, 11) is -4.50. The molecule has 0 radical (unpaired) electrons. The van der Waals surface area contributed by atoms with Crippen molar-refractivity contribution in [2.24, 2.45) is 0 Å². The maximum Gasteiger partial charge on any atom is 0.412 e. The number of hydrogen-bond donors (Lipinski definition) is 1. The van der Waals surface area contributed by atoms with Gasteiger partial charge in [-0.2, -0.15) is 8.42 Å². The van der Waals surface area contributed by atoms with Crippen LogP contribution in [0, 0.1) is 6.92 Å². The minimum atomic E-state index is -4.50. The van der Waals surface area contributed by atoms with Crippen molar-refractivity contribution in [3.8, 4) is 0 Å². The van der Waals surface area contributed by atoms with E-state index < -0.39 is 27.7 Å². The van der Waals surface area contributed by atoms with Crippen LogP contribution in [-0.2, 0) is 21.4 Å². The summed E-state index contributed by atoms with van der Waals surface area (Å²) in [5, 5.41) is 2.60. The highest BCUT2D eigenvalue weighted by atomic mass is 32.3. The second kappa shape index (κ2) is 6.43. The Morgan fingerprint density at radius 3 is 2.48 bits per heavy atom. The molecule has 0 aromatic heterocycles. The standard InChI is InChI=1S/C14H20FNO4S/c1-10-5-6-11(7-8-21(15,18)19)9-12(10)16-13(17)20-14(2,3)4/h5-6,9H,7-8H2,1-4H3,(H,16,17). The topological polar surface area (TPSA) is 72.5 Å². The summed E-state index contributed by atoms with van der Waals surface area (Å²) >= 11 is 0. The van der Waals surface area contributed by atoms with E-state index in [2.05, 4.69) is 5.32 Å². The number of nitrogens with one attached hydrogen (secondary N) is 1. The van der Waals surface area contributed by atoms with Crippen LogP contribution in [0.3, 0.4) is 0 Å². The van der Waals surface area contributed by atoms with Crippen LogP contribution >= 0.6 is 0 Å². The van der Waals surface area contributed by atoms with Crippen LogP contribution < -0.4 is 5.32 Å². The van der Waals surface area contributed by atoms with E-state index in [0.717, 1.165) is 5.56 Å². The Morgan fingerprint density at radius 2 is 1.95 bits per heavy atom. The largest absolute Gasteiger partial charge is 0.444 e. The summed E-state index contributed by atoms with van der Waals surface area (Å²) in [5.74, 6) is -0.581. The molecular formula is C14H20FNO4S. The Morgan fingerprint density at radius 1 is 1.33 bits per heavy atom. The van der Waals surface area contributed by atoms with Gasteiger partial charge in [-0.25, -0.2) is 4.79 Å². The molecule has 5 nitrogen and oxygen atoms in total. The molecule has 0 fully saturated rings. The Kier molecular flexibility index (Phi) is 5.33. The molecule has 0 aliphatic rings. The third-order valence-corrected chi connectivity index (χ3v) is 3.26. The van der Waals surface area contributed by atoms with Gasteiger partial charge in [-0.1, -0.05) is 12.1 Å². The molecule has 118 valence electrons. The van der Waals surface area contributed by atoms with E-state index in [9.17, 15) is 17.1 Å². The number of hydrogen-bond acceptors (Lipinski definition) is 4. The number of carbonyl (C=O) groups is 1. The molecule has 0 aliphatic heterocycles. The normalized spacial score (nSPS) is 12.0. The van der Waals surface area contributed by atoms with Crippen molar-refractivity contribution >= 4 is 22.0 Å². The molecule has 0 heterocycles. The molecule has 0 saturated carbocycles. The maximum atomic E-state index is 12.5. The fourth-order valence-electron chi connectivity index (χ4n) is 1.61. The van der Waals surface area contributed by atoms with Gasteiger partial charge in [0.1, 0.15) is 5.60 Å². The summed E-state index contributed by atoms with van der Waals surface area (Å²) in [4.78, 5) is 11.7. The number of halogens is 1. The number of ether oxygens (including phenoxy) is 1. The zero-order valence-corrected chi connectivity index (χ0v) is 13.4. The molecule has 1 aromatic rings. The molecule has 1 N–H and O–H groups in total. The van der Waals surface area contributed by atoms with Gasteiger partial charge in [0.15, 0.2) is 0 Å². The van der Waals surface area contributed by atoms with Crippen molar-refractivity contribution in [2.75, 3.05) is 11.1 Å². The van der Waals surface area contributed by atoms with Crippen LogP contribution in [-0.4, -0.2) is 25.9 Å². The summed E-state index contributed by atoms with van der Waals surface area (Å²) in [6, 6.07) is 5.04. The van der Waals surface area contributed by atoms with Gasteiger partial charge in [0.2, 0.25) is 0 Å². The Labute approximate surface area is 124 Å². The van der Waals surface area contributed by atoms with Crippen molar-refractivity contribution in [1.82, 2.24) is 0 Å². The number of carbonyl (C=O) groups excluding carboxylic acids is 1. The van der Waals surface area contributed by atoms with Gasteiger partial charge in [-0.15, -0.1) is 3.89 Å². The summed E-state index contributed by atoms with van der Waals surface area (Å²) in [6.07, 6.45) is -0.553. The molecule has 7 heteroatoms. The molecule has 1 amide bonds. The van der Waals surface area contributed by atoms with Gasteiger partial charge in [-0.05, 0) is 51.3 Å². The molecule has 0 unspecified atom stereocenters. The van der Waals surface area contributed by atoms with Crippen LogP contribution in [0.5, 0.6) is 0 Å². The maximum absolute atomic E-state index is 12.5. The molecule has 0 saturated heterocycles. The number of rotatable bonds is 4. The van der Waals surface area contributed by atoms with E-state index in [-0.39, 0.29) is 6.42 Å². The number of aryl methyl sites for hydroxylation is 2. The smallest absolute Gasteiger partial charge is 0.412 e. The van der Waals surface area contributed by atoms with Crippen LogP contribution in [0.25, 0.3) is 0 Å². The highest BCUT2D eigenvalue weighted by Gasteiger charge is 2.17. The molecule has 1 rings (SSSR count). The first-order valence-electron chi connectivity index (χ1n) is 6.48. The van der Waals surface area contributed by atoms with Crippen molar-refractivity contribution in [3.63, 3.8) is 0 Å². The first-order valence-corrected chi connectivity index (χ1v) is 8.03. The summed E-state index contributed by atoms with van der Waals surface area (Å²) < 4.78 is 38.7. The highest BCUT2D eigenvalue weighted by molar-refractivity contribution is 7.86. The molecule has 21 heavy (non-hydrogen) atoms. The van der Waals surface area contributed by atoms with Crippen molar-refractivity contribution in [1.29, 1.82) is 0 Å². The Hall–Kier alpha value is -1.63. The zero-order valence-electron chi connectivity index (χ0n) is 12.6. The van der Waals surface area contributed by atoms with Gasteiger partial charge in [-0.3, -0.25) is 5.32 Å². The van der Waals surface area contributed by atoms with Crippen molar-refractivity contribution < 1.29 is 21.8 Å². The predicted molar refractivity (Wildman–Crippen MR) is 79.6 cm³/mol. The van der Waals surface area contributed by atoms with E-state index in [1.807, 2.05) is 0 Å². The average Bonchev–Trinajstić information content (AvgIpc) is 2.26. The number of benzene rings is 1. The predicted octanol–water partition coefficient (Wildman–Crippen LogP) is 3.18. The third kappa shape index (κ3) is 7.08. The molecule has 1 aromatic carbocycles. The van der Waals surface area contributed by atoms with Gasteiger partial charge >= 0.3 is 16.3 Å². The average molecular weight is 317 g/mol. The van der Waals surface area contributed by atoms with E-state index in [1.165, 1.54) is 0 Å². The van der Waals surface area contributed by atoms with Crippen LogP contribution in [0.4, 0.5) is 14.4 Å². The Bertz CT molecular complexity index is 620. The van der Waals surface area contributed by atoms with Crippen LogP contribution in [0.2, 0.25) is 0 Å². The van der Waals surface area contributed by atoms with E-state index in [4.69, 9.17) is 4.74 Å². The highest BCUT2D eigenvalue weighted by Crippen LogP contribution is 2.19. The fraction of sp³-hybridized carbons (Fsp3) is 0.500. The lowest BCUT2D eigenvalue weighted by atomic mass is 10.1. The lowest BCUT2D eigenvalue weighted by molar-refractivity contribution is 0.0636. The van der Waals surface area contributed by atoms with E-state index >= 15 is 0 Å². The monoisotopic (exact) mass is 317 g/mol. The van der Waals surface area contributed by atoms with Gasteiger partial charge < -0.3 is 4.74 Å². The second-order valence-electron chi connectivity index (χ2n) is 5.77. The van der Waals surface area contributed by atoms with E-state index in [1.54, 1.807) is 45.9 Å². The lowest BCUT2D eigenvalue weighted by Crippen LogP contribution is -2.27. The zero-order chi connectivity index (χ0) is 16.3. The molecule has 0 spiro atoms. The summed E-state index contributed by atoms with van der Waals surface area (Å²) in [5.41, 5.74) is 1.32. The number of amides is 1. The molecule has 0 atom stereocenters. The Balaban J connectivity index is 2.80. The quantitative estimate of drug-likeness (QED) is 0.866. The fourth-order valence-corrected chi connectivity index (χ4v) is 2.09. The second-order valence-corrected chi connectivity index (χ2v) is 7.26. The minimum Gasteiger partial charge on any atom is -0.444 e. The lowest BCUT2D eigenvalue weighted by Gasteiger charge is -2.20. The van der Waals surface area contributed by atoms with Crippen molar-refractivity contribution in [3.05, 3.63) is 29.3 Å². The molecular weight excluding hydrogens is 297 g/mol. The molecule has 0 aliphatic carbocycles. The third-order valence-electron chi connectivity index (χ3n) is 2.57. The van der Waals surface area contributed by atoms with Crippen LogP contribution in [0.15, 0.2) is 18.2 Å². The summed E-state index contributed by atoms with van der Waals surface area (Å²) in [6.45, 7) is 7.05. The van der Waals surface area contributed by atoms with Gasteiger partial charge in [0.05, 0.1) is 5.75 Å². The first-order chi connectivity index (χ1) is 9.46. The minimum absolute atomic E-state index is 0.0438. The van der Waals surface area contributed by atoms with Gasteiger partial charge in [0.25, 0.3) is 0 Å². The number of anilines is 1.